The Hall–Kier alpha value is -1.99. The number of hydrogen-bond acceptors (Lipinski definition) is 2. The van der Waals surface area contributed by atoms with Crippen LogP contribution in [0.2, 0.25) is 5.02 Å². The number of amides is 1. The van der Waals surface area contributed by atoms with E-state index in [2.05, 4.69) is 21.2 Å². The predicted molar refractivity (Wildman–Crippen MR) is 99.4 cm³/mol. The minimum absolute atomic E-state index is 0.00403. The molecule has 2 aromatic rings. The fourth-order valence-corrected chi connectivity index (χ4v) is 2.71. The molecule has 0 saturated carbocycles. The Morgan fingerprint density at radius 2 is 2.00 bits per heavy atom. The summed E-state index contributed by atoms with van der Waals surface area (Å²) in [5.41, 5.74) is -0.356. The van der Waals surface area contributed by atoms with Gasteiger partial charge in [0, 0.05) is 21.8 Å². The van der Waals surface area contributed by atoms with Gasteiger partial charge in [0.05, 0.1) is 17.2 Å². The van der Waals surface area contributed by atoms with E-state index in [1.807, 2.05) is 6.92 Å². The van der Waals surface area contributed by atoms with Gasteiger partial charge in [-0.2, -0.15) is 13.2 Å². The molecule has 0 aliphatic rings. The topological polar surface area (TPSA) is 38.3 Å². The van der Waals surface area contributed by atoms with Gasteiger partial charge in [-0.1, -0.05) is 27.5 Å². The molecule has 0 spiro atoms. The molecule has 0 radical (unpaired) electrons. The van der Waals surface area contributed by atoms with E-state index >= 15 is 0 Å². The zero-order valence-electron chi connectivity index (χ0n) is 13.5. The lowest BCUT2D eigenvalue weighted by atomic mass is 10.1. The highest BCUT2D eigenvalue weighted by atomic mass is 79.9. The van der Waals surface area contributed by atoms with E-state index in [0.29, 0.717) is 17.9 Å². The summed E-state index contributed by atoms with van der Waals surface area (Å²) in [4.78, 5) is 12.0. The highest BCUT2D eigenvalue weighted by molar-refractivity contribution is 9.10. The van der Waals surface area contributed by atoms with Gasteiger partial charge in [-0.05, 0) is 49.4 Å². The Kier molecular flexibility index (Phi) is 6.72. The number of anilines is 1. The highest BCUT2D eigenvalue weighted by Crippen LogP contribution is 2.36. The first-order valence-electron chi connectivity index (χ1n) is 7.49. The minimum Gasteiger partial charge on any atom is -0.493 e. The number of carbonyl (C=O) groups excluding carboxylic acids is 1. The Labute approximate surface area is 161 Å². The molecule has 2 rings (SSSR count). The van der Waals surface area contributed by atoms with E-state index in [-0.39, 0.29) is 5.69 Å². The largest absolute Gasteiger partial charge is 0.493 e. The van der Waals surface area contributed by atoms with Gasteiger partial charge in [-0.15, -0.1) is 0 Å². The molecule has 0 heterocycles. The molecule has 0 bridgehead atoms. The smallest absolute Gasteiger partial charge is 0.417 e. The molecule has 3 nitrogen and oxygen atoms in total. The van der Waals surface area contributed by atoms with E-state index in [1.165, 1.54) is 18.2 Å². The van der Waals surface area contributed by atoms with Gasteiger partial charge < -0.3 is 10.1 Å². The normalized spacial score (nSPS) is 11.6. The van der Waals surface area contributed by atoms with Crippen LogP contribution in [0.15, 0.2) is 46.9 Å². The van der Waals surface area contributed by atoms with Crippen molar-refractivity contribution in [1.82, 2.24) is 0 Å². The first kappa shape index (κ1) is 20.3. The van der Waals surface area contributed by atoms with Gasteiger partial charge in [0.25, 0.3) is 0 Å². The molecule has 8 heteroatoms. The molecule has 0 aliphatic heterocycles. The van der Waals surface area contributed by atoms with Crippen LogP contribution in [0.3, 0.4) is 0 Å². The summed E-state index contributed by atoms with van der Waals surface area (Å²) >= 11 is 8.89. The summed E-state index contributed by atoms with van der Waals surface area (Å²) < 4.78 is 44.8. The third-order valence-electron chi connectivity index (χ3n) is 3.23. The van der Waals surface area contributed by atoms with E-state index in [4.69, 9.17) is 16.3 Å². The van der Waals surface area contributed by atoms with Crippen molar-refractivity contribution in [3.8, 4) is 5.75 Å². The van der Waals surface area contributed by atoms with E-state index < -0.39 is 22.7 Å². The summed E-state index contributed by atoms with van der Waals surface area (Å²) in [7, 11) is 0. The summed E-state index contributed by atoms with van der Waals surface area (Å²) in [6.07, 6.45) is -1.87. The molecular formula is C18H14BrClF3NO2. The van der Waals surface area contributed by atoms with Gasteiger partial charge in [-0.3, -0.25) is 4.79 Å². The van der Waals surface area contributed by atoms with E-state index in [0.717, 1.165) is 16.6 Å². The van der Waals surface area contributed by atoms with Gasteiger partial charge in [0.2, 0.25) is 5.91 Å². The van der Waals surface area contributed by atoms with E-state index in [9.17, 15) is 18.0 Å². The number of ether oxygens (including phenoxy) is 1. The standard InChI is InChI=1S/C18H14BrClF3NO2/c1-2-26-16-7-4-12(19)9-11(16)3-8-17(25)24-13-5-6-15(20)14(10-13)18(21,22)23/h3-10H,2H2,1H3,(H,24,25). The third kappa shape index (κ3) is 5.51. The summed E-state index contributed by atoms with van der Waals surface area (Å²) in [5, 5.41) is 1.95. The van der Waals surface area contributed by atoms with Crippen molar-refractivity contribution in [2.45, 2.75) is 13.1 Å². The van der Waals surface area contributed by atoms with Crippen LogP contribution in [-0.4, -0.2) is 12.5 Å². The first-order valence-corrected chi connectivity index (χ1v) is 8.66. The molecule has 0 aromatic heterocycles. The zero-order valence-corrected chi connectivity index (χ0v) is 15.9. The first-order chi connectivity index (χ1) is 12.2. The molecule has 0 atom stereocenters. The lowest BCUT2D eigenvalue weighted by Crippen LogP contribution is -2.11. The minimum atomic E-state index is -4.60. The Balaban J connectivity index is 2.17. The molecule has 0 aliphatic carbocycles. The van der Waals surface area contributed by atoms with Gasteiger partial charge in [0.15, 0.2) is 0 Å². The van der Waals surface area contributed by atoms with Crippen LogP contribution in [0.25, 0.3) is 6.08 Å². The van der Waals surface area contributed by atoms with Gasteiger partial charge in [-0.25, -0.2) is 0 Å². The van der Waals surface area contributed by atoms with Gasteiger partial charge >= 0.3 is 6.18 Å². The summed E-state index contributed by atoms with van der Waals surface area (Å²) in [6.45, 7) is 2.29. The number of hydrogen-bond donors (Lipinski definition) is 1. The number of carbonyl (C=O) groups is 1. The van der Waals surface area contributed by atoms with Crippen molar-refractivity contribution in [3.63, 3.8) is 0 Å². The highest BCUT2D eigenvalue weighted by Gasteiger charge is 2.33. The average molecular weight is 449 g/mol. The predicted octanol–water partition coefficient (Wildman–Crippen LogP) is 6.17. The van der Waals surface area contributed by atoms with Crippen molar-refractivity contribution in [2.24, 2.45) is 0 Å². The summed E-state index contributed by atoms with van der Waals surface area (Å²) in [6, 6.07) is 8.49. The Morgan fingerprint density at radius 3 is 2.65 bits per heavy atom. The maximum Gasteiger partial charge on any atom is 0.417 e. The van der Waals surface area contributed by atoms with Crippen LogP contribution >= 0.6 is 27.5 Å². The molecule has 0 unspecified atom stereocenters. The quantitative estimate of drug-likeness (QED) is 0.555. The van der Waals surface area contributed by atoms with Crippen LogP contribution in [0.1, 0.15) is 18.1 Å². The molecule has 0 saturated heterocycles. The molecule has 1 amide bonds. The molecule has 26 heavy (non-hydrogen) atoms. The molecule has 138 valence electrons. The van der Waals surface area contributed by atoms with Crippen molar-refractivity contribution in [1.29, 1.82) is 0 Å². The maximum atomic E-state index is 12.9. The summed E-state index contributed by atoms with van der Waals surface area (Å²) in [5.74, 6) is 0.00784. The third-order valence-corrected chi connectivity index (χ3v) is 4.05. The number of rotatable bonds is 5. The van der Waals surface area contributed by atoms with Crippen LogP contribution in [0.5, 0.6) is 5.75 Å². The van der Waals surface area contributed by atoms with Crippen LogP contribution < -0.4 is 10.1 Å². The van der Waals surface area contributed by atoms with Crippen molar-refractivity contribution >= 4 is 45.2 Å². The monoisotopic (exact) mass is 447 g/mol. The van der Waals surface area contributed by atoms with E-state index in [1.54, 1.807) is 18.2 Å². The van der Waals surface area contributed by atoms with Crippen LogP contribution in [-0.2, 0) is 11.0 Å². The van der Waals surface area contributed by atoms with Crippen molar-refractivity contribution < 1.29 is 22.7 Å². The number of nitrogens with one attached hydrogen (secondary N) is 1. The molecule has 1 N–H and O–H groups in total. The maximum absolute atomic E-state index is 12.9. The lowest BCUT2D eigenvalue weighted by molar-refractivity contribution is -0.137. The second kappa shape index (κ2) is 8.60. The second-order valence-electron chi connectivity index (χ2n) is 5.13. The molecule has 0 fully saturated rings. The fourth-order valence-electron chi connectivity index (χ4n) is 2.11. The number of alkyl halides is 3. The number of halogens is 5. The molecule has 2 aromatic carbocycles. The van der Waals surface area contributed by atoms with Crippen molar-refractivity contribution in [2.75, 3.05) is 11.9 Å². The Bertz CT molecular complexity index is 838. The van der Waals surface area contributed by atoms with Crippen LogP contribution in [0.4, 0.5) is 18.9 Å². The Morgan fingerprint density at radius 1 is 1.27 bits per heavy atom. The lowest BCUT2D eigenvalue weighted by Gasteiger charge is -2.11. The second-order valence-corrected chi connectivity index (χ2v) is 6.45. The fraction of sp³-hybridized carbons (Fsp3) is 0.167. The van der Waals surface area contributed by atoms with Gasteiger partial charge in [0.1, 0.15) is 5.75 Å². The molecular weight excluding hydrogens is 435 g/mol. The average Bonchev–Trinajstić information content (AvgIpc) is 2.56. The number of benzene rings is 2. The SMILES string of the molecule is CCOc1ccc(Br)cc1C=CC(=O)Nc1ccc(Cl)c(C(F)(F)F)c1. The van der Waals surface area contributed by atoms with Crippen molar-refractivity contribution in [3.05, 3.63) is 63.1 Å². The zero-order chi connectivity index (χ0) is 19.3. The van der Waals surface area contributed by atoms with Crippen LogP contribution in [0, 0.1) is 0 Å².